The average molecular weight is 369 g/mol. The first-order valence-corrected chi connectivity index (χ1v) is 9.57. The summed E-state index contributed by atoms with van der Waals surface area (Å²) in [7, 11) is 1.54. The Morgan fingerprint density at radius 3 is 1.75 bits per heavy atom. The van der Waals surface area contributed by atoms with Crippen LogP contribution < -0.4 is 0 Å². The van der Waals surface area contributed by atoms with E-state index < -0.39 is 15.0 Å². The molecule has 130 valence electrons. The van der Waals surface area contributed by atoms with E-state index in [-0.39, 0.29) is 10.3 Å². The van der Waals surface area contributed by atoms with Gasteiger partial charge in [-0.1, -0.05) is 50.6 Å². The summed E-state index contributed by atoms with van der Waals surface area (Å²) in [5, 5.41) is 8.68. The summed E-state index contributed by atoms with van der Waals surface area (Å²) in [6.45, 7) is 8.18. The molecule has 0 bridgehead atoms. The number of carbonyl (C=O) groups is 1. The van der Waals surface area contributed by atoms with Crippen LogP contribution in [-0.2, 0) is 14.5 Å². The first kappa shape index (κ1) is 20.2. The molecule has 0 heterocycles. The summed E-state index contributed by atoms with van der Waals surface area (Å²) in [5.41, 5.74) is 2.58. The summed E-state index contributed by atoms with van der Waals surface area (Å²) >= 11 is 0. The Morgan fingerprint density at radius 2 is 1.42 bits per heavy atom. The Morgan fingerprint density at radius 1 is 0.958 bits per heavy atom. The Labute approximate surface area is 147 Å². The van der Waals surface area contributed by atoms with Crippen molar-refractivity contribution in [3.63, 3.8) is 0 Å². The molecule has 0 saturated carbocycles. The maximum atomic E-state index is 10.7. The highest BCUT2D eigenvalue weighted by Gasteiger charge is 2.13. The van der Waals surface area contributed by atoms with Crippen molar-refractivity contribution in [3.05, 3.63) is 65.2 Å². The Balaban J connectivity index is 0.000000243. The normalized spacial score (nSPS) is 11.4. The quantitative estimate of drug-likeness (QED) is 0.786. The number of hydrogen-bond acceptors (Lipinski definition) is 3. The van der Waals surface area contributed by atoms with Crippen LogP contribution in [0.25, 0.3) is 0 Å². The molecular weight excluding hydrogens is 348 g/mol. The zero-order chi connectivity index (χ0) is 18.5. The summed E-state index contributed by atoms with van der Waals surface area (Å²) in [6.07, 6.45) is 0. The van der Waals surface area contributed by atoms with Crippen molar-refractivity contribution in [1.29, 1.82) is 0 Å². The van der Waals surface area contributed by atoms with Gasteiger partial charge in [-0.2, -0.15) is 0 Å². The fourth-order valence-corrected chi connectivity index (χ4v) is 2.58. The molecule has 0 saturated heterocycles. The van der Waals surface area contributed by atoms with E-state index >= 15 is 0 Å². The minimum atomic E-state index is -3.55. The van der Waals surface area contributed by atoms with Crippen LogP contribution in [0.5, 0.6) is 0 Å². The molecular formula is C18H21ClO4S. The van der Waals surface area contributed by atoms with Gasteiger partial charge in [0.1, 0.15) is 0 Å². The number of benzene rings is 2. The third-order valence-corrected chi connectivity index (χ3v) is 4.67. The molecule has 1 N–H and O–H groups in total. The van der Waals surface area contributed by atoms with Gasteiger partial charge in [0, 0.05) is 10.7 Å². The Bertz CT molecular complexity index is 786. The Kier molecular flexibility index (Phi) is 6.58. The molecule has 24 heavy (non-hydrogen) atoms. The smallest absolute Gasteiger partial charge is 0.335 e. The number of aromatic carboxylic acids is 1. The number of carboxylic acids is 1. The lowest BCUT2D eigenvalue weighted by molar-refractivity contribution is 0.0697. The van der Waals surface area contributed by atoms with Gasteiger partial charge >= 0.3 is 5.97 Å². The van der Waals surface area contributed by atoms with Crippen molar-refractivity contribution in [3.8, 4) is 0 Å². The van der Waals surface area contributed by atoms with Crippen LogP contribution in [-0.4, -0.2) is 19.5 Å². The molecule has 0 spiro atoms. The monoisotopic (exact) mass is 368 g/mol. The topological polar surface area (TPSA) is 71.4 Å². The van der Waals surface area contributed by atoms with Crippen LogP contribution in [0, 0.1) is 6.92 Å². The van der Waals surface area contributed by atoms with Gasteiger partial charge in [-0.25, -0.2) is 13.2 Å². The first-order chi connectivity index (χ1) is 10.9. The third-order valence-electron chi connectivity index (χ3n) is 3.30. The molecule has 0 radical (unpaired) electrons. The third kappa shape index (κ3) is 6.34. The van der Waals surface area contributed by atoms with Gasteiger partial charge in [-0.15, -0.1) is 0 Å². The van der Waals surface area contributed by atoms with Crippen LogP contribution in [0.15, 0.2) is 53.4 Å². The highest BCUT2D eigenvalue weighted by atomic mass is 35.7. The van der Waals surface area contributed by atoms with E-state index in [2.05, 4.69) is 20.8 Å². The maximum absolute atomic E-state index is 10.7. The largest absolute Gasteiger partial charge is 0.478 e. The predicted molar refractivity (Wildman–Crippen MR) is 96.3 cm³/mol. The van der Waals surface area contributed by atoms with E-state index in [0.717, 1.165) is 11.1 Å². The molecule has 0 aliphatic heterocycles. The second-order valence-electron chi connectivity index (χ2n) is 6.38. The predicted octanol–water partition coefficient (Wildman–Crippen LogP) is 4.60. The zero-order valence-corrected chi connectivity index (χ0v) is 15.6. The number of hydrogen-bond donors (Lipinski definition) is 1. The van der Waals surface area contributed by atoms with Crippen LogP contribution in [0.1, 0.15) is 42.3 Å². The lowest BCUT2D eigenvalue weighted by atomic mass is 9.87. The van der Waals surface area contributed by atoms with Gasteiger partial charge in [0.2, 0.25) is 0 Å². The zero-order valence-electron chi connectivity index (χ0n) is 14.1. The average Bonchev–Trinajstić information content (AvgIpc) is 2.46. The minimum absolute atomic E-state index is 0.0804. The summed E-state index contributed by atoms with van der Waals surface area (Å²) in [6, 6.07) is 13.4. The van der Waals surface area contributed by atoms with E-state index in [9.17, 15) is 13.2 Å². The molecule has 0 aromatic heterocycles. The van der Waals surface area contributed by atoms with Gasteiger partial charge < -0.3 is 5.11 Å². The van der Waals surface area contributed by atoms with Gasteiger partial charge in [0.05, 0.1) is 10.5 Å². The van der Waals surface area contributed by atoms with Crippen LogP contribution in [0.2, 0.25) is 0 Å². The van der Waals surface area contributed by atoms with E-state index in [1.54, 1.807) is 24.3 Å². The number of carboxylic acid groups (broad SMARTS) is 1. The van der Waals surface area contributed by atoms with Crippen molar-refractivity contribution in [1.82, 2.24) is 0 Å². The fraction of sp³-hybridized carbons (Fsp3) is 0.278. The number of aryl methyl sites for hydroxylation is 1. The molecule has 2 aromatic rings. The molecule has 2 aromatic carbocycles. The maximum Gasteiger partial charge on any atom is 0.335 e. The van der Waals surface area contributed by atoms with Gasteiger partial charge in [-0.3, -0.25) is 0 Å². The molecule has 0 unspecified atom stereocenters. The van der Waals surface area contributed by atoms with E-state index in [0.29, 0.717) is 5.56 Å². The van der Waals surface area contributed by atoms with Crippen molar-refractivity contribution in [2.75, 3.05) is 0 Å². The number of rotatable bonds is 2. The van der Waals surface area contributed by atoms with Crippen molar-refractivity contribution >= 4 is 25.7 Å². The molecule has 2 rings (SSSR count). The first-order valence-electron chi connectivity index (χ1n) is 7.26. The van der Waals surface area contributed by atoms with Crippen molar-refractivity contribution in [2.24, 2.45) is 0 Å². The van der Waals surface area contributed by atoms with E-state index in [4.69, 9.17) is 15.8 Å². The SMILES string of the molecule is CC(C)(C)c1ccc(C(=O)O)cc1.Cc1ccc(S(=O)(=O)Cl)cc1. The van der Waals surface area contributed by atoms with E-state index in [1.165, 1.54) is 12.1 Å². The molecule has 0 aliphatic rings. The summed E-state index contributed by atoms with van der Waals surface area (Å²) in [4.78, 5) is 10.7. The molecule has 0 aliphatic carbocycles. The van der Waals surface area contributed by atoms with Crippen LogP contribution in [0.4, 0.5) is 0 Å². The highest BCUT2D eigenvalue weighted by Crippen LogP contribution is 2.22. The van der Waals surface area contributed by atoms with Crippen LogP contribution >= 0.6 is 10.7 Å². The summed E-state index contributed by atoms with van der Waals surface area (Å²) < 4.78 is 21.4. The lowest BCUT2D eigenvalue weighted by Crippen LogP contribution is -2.11. The molecule has 4 nitrogen and oxygen atoms in total. The molecule has 0 amide bonds. The summed E-state index contributed by atoms with van der Waals surface area (Å²) in [5.74, 6) is -0.875. The molecule has 0 atom stereocenters. The Hall–Kier alpha value is -1.85. The van der Waals surface area contributed by atoms with Crippen molar-refractivity contribution in [2.45, 2.75) is 38.0 Å². The minimum Gasteiger partial charge on any atom is -0.478 e. The van der Waals surface area contributed by atoms with Gasteiger partial charge in [-0.05, 0) is 42.2 Å². The van der Waals surface area contributed by atoms with Crippen molar-refractivity contribution < 1.29 is 18.3 Å². The highest BCUT2D eigenvalue weighted by molar-refractivity contribution is 8.13. The van der Waals surface area contributed by atoms with Crippen LogP contribution in [0.3, 0.4) is 0 Å². The molecule has 6 heteroatoms. The van der Waals surface area contributed by atoms with Gasteiger partial charge in [0.15, 0.2) is 0 Å². The molecule has 0 fully saturated rings. The lowest BCUT2D eigenvalue weighted by Gasteiger charge is -2.18. The van der Waals surface area contributed by atoms with Gasteiger partial charge in [0.25, 0.3) is 9.05 Å². The second kappa shape index (κ2) is 7.81. The number of halogens is 1. The van der Waals surface area contributed by atoms with E-state index in [1.807, 2.05) is 19.1 Å². The fourth-order valence-electron chi connectivity index (χ4n) is 1.81. The standard InChI is InChI=1S/C11H14O2.C7H7ClO2S/c1-11(2,3)9-6-4-8(5-7-9)10(12)13;1-6-2-4-7(5-3-6)11(8,9)10/h4-7H,1-3H3,(H,12,13);2-5H,1H3. The second-order valence-corrected chi connectivity index (χ2v) is 8.95.